The van der Waals surface area contributed by atoms with Crippen molar-refractivity contribution in [2.45, 2.75) is 39.0 Å². The van der Waals surface area contributed by atoms with Gasteiger partial charge in [0, 0.05) is 29.3 Å². The number of nitrogens with one attached hydrogen (secondary N) is 2. The molecule has 8 heteroatoms. The van der Waals surface area contributed by atoms with E-state index in [0.717, 1.165) is 25.0 Å². The topological polar surface area (TPSA) is 105 Å². The number of hydrogen-bond acceptors (Lipinski definition) is 5. The summed E-state index contributed by atoms with van der Waals surface area (Å²) in [5, 5.41) is 20.6. The van der Waals surface area contributed by atoms with Crippen LogP contribution in [0.3, 0.4) is 0 Å². The summed E-state index contributed by atoms with van der Waals surface area (Å²) in [6.45, 7) is 4.81. The summed E-state index contributed by atoms with van der Waals surface area (Å²) in [6, 6.07) is 13.2. The van der Waals surface area contributed by atoms with E-state index in [1.165, 1.54) is 10.7 Å². The van der Waals surface area contributed by atoms with Crippen molar-refractivity contribution in [3.8, 4) is 22.8 Å². The molecule has 3 aromatic rings. The minimum atomic E-state index is -0.287. The van der Waals surface area contributed by atoms with Crippen molar-refractivity contribution < 1.29 is 19.4 Å². The smallest absolute Gasteiger partial charge is 0.342 e. The maximum absolute atomic E-state index is 12.7. The van der Waals surface area contributed by atoms with Crippen LogP contribution in [-0.2, 0) is 0 Å². The van der Waals surface area contributed by atoms with E-state index in [0.29, 0.717) is 41.4 Å². The van der Waals surface area contributed by atoms with Crippen LogP contribution in [0.25, 0.3) is 11.3 Å². The van der Waals surface area contributed by atoms with Crippen LogP contribution in [0.5, 0.6) is 11.5 Å². The van der Waals surface area contributed by atoms with E-state index in [1.807, 2.05) is 19.9 Å². The molecule has 8 nitrogen and oxygen atoms in total. The number of aromatic nitrogens is 2. The summed E-state index contributed by atoms with van der Waals surface area (Å²) in [5.74, 6) is 0.719. The second-order valence-electron chi connectivity index (χ2n) is 7.97. The molecule has 1 fully saturated rings. The molecule has 0 unspecified atom stereocenters. The monoisotopic (exact) mass is 448 g/mol. The first-order valence-corrected chi connectivity index (χ1v) is 11.3. The fourth-order valence-electron chi connectivity index (χ4n) is 3.80. The van der Waals surface area contributed by atoms with E-state index in [9.17, 15) is 14.7 Å². The van der Waals surface area contributed by atoms with Crippen LogP contribution in [0.15, 0.2) is 48.5 Å². The number of phenolic OH excluding ortho intramolecular Hbond substituents is 1. The van der Waals surface area contributed by atoms with Crippen molar-refractivity contribution >= 4 is 17.6 Å². The van der Waals surface area contributed by atoms with E-state index < -0.39 is 0 Å². The third kappa shape index (κ3) is 4.84. The molecule has 1 aromatic heterocycles. The van der Waals surface area contributed by atoms with Gasteiger partial charge in [-0.15, -0.1) is 0 Å². The SMILES string of the molecule is CCNC(=O)n1nc(-c2cc(NC(=O)c3ccc(OCC)cc3)ccc2O)cc1C1CCC1. The normalized spacial score (nSPS) is 13.3. The Morgan fingerprint density at radius 1 is 1.12 bits per heavy atom. The number of anilines is 1. The van der Waals surface area contributed by atoms with Crippen LogP contribution in [-0.4, -0.2) is 40.0 Å². The molecule has 0 radical (unpaired) electrons. The highest BCUT2D eigenvalue weighted by atomic mass is 16.5. The third-order valence-corrected chi connectivity index (χ3v) is 5.74. The second-order valence-corrected chi connectivity index (χ2v) is 7.97. The Labute approximate surface area is 192 Å². The van der Waals surface area contributed by atoms with Crippen LogP contribution in [0.2, 0.25) is 0 Å². The zero-order chi connectivity index (χ0) is 23.4. The number of carbonyl (C=O) groups is 2. The summed E-state index contributed by atoms with van der Waals surface area (Å²) in [5.41, 5.74) is 2.77. The minimum absolute atomic E-state index is 0.0229. The van der Waals surface area contributed by atoms with Gasteiger partial charge < -0.3 is 20.5 Å². The molecule has 0 atom stereocenters. The van der Waals surface area contributed by atoms with Crippen molar-refractivity contribution in [3.05, 3.63) is 59.8 Å². The Balaban J connectivity index is 1.59. The van der Waals surface area contributed by atoms with Crippen LogP contribution in [0.1, 0.15) is 55.1 Å². The number of amides is 2. The molecule has 3 N–H and O–H groups in total. The number of phenols is 1. The molecule has 0 spiro atoms. The fraction of sp³-hybridized carbons (Fsp3) is 0.320. The molecule has 0 bridgehead atoms. The first kappa shape index (κ1) is 22.4. The van der Waals surface area contributed by atoms with Gasteiger partial charge in [0.1, 0.15) is 11.5 Å². The Morgan fingerprint density at radius 2 is 1.88 bits per heavy atom. The predicted octanol–water partition coefficient (Wildman–Crippen LogP) is 4.75. The van der Waals surface area contributed by atoms with Gasteiger partial charge in [-0.3, -0.25) is 4.79 Å². The Bertz CT molecular complexity index is 1150. The average Bonchev–Trinajstić information content (AvgIpc) is 3.19. The highest BCUT2D eigenvalue weighted by Crippen LogP contribution is 2.39. The number of carbonyl (C=O) groups excluding carboxylic acids is 2. The van der Waals surface area contributed by atoms with Gasteiger partial charge in [0.2, 0.25) is 0 Å². The number of aromatic hydroxyl groups is 1. The first-order chi connectivity index (χ1) is 16.0. The van der Waals surface area contributed by atoms with Gasteiger partial charge in [0.05, 0.1) is 18.0 Å². The maximum atomic E-state index is 12.7. The van der Waals surface area contributed by atoms with E-state index >= 15 is 0 Å². The first-order valence-electron chi connectivity index (χ1n) is 11.3. The van der Waals surface area contributed by atoms with Crippen molar-refractivity contribution in [1.29, 1.82) is 0 Å². The van der Waals surface area contributed by atoms with Gasteiger partial charge in [-0.05, 0) is 75.2 Å². The summed E-state index contributed by atoms with van der Waals surface area (Å²) in [7, 11) is 0. The molecule has 1 aliphatic carbocycles. The Kier molecular flexibility index (Phi) is 6.63. The van der Waals surface area contributed by atoms with Gasteiger partial charge in [0.15, 0.2) is 0 Å². The van der Waals surface area contributed by atoms with Crippen LogP contribution >= 0.6 is 0 Å². The fourth-order valence-corrected chi connectivity index (χ4v) is 3.80. The van der Waals surface area contributed by atoms with Crippen molar-refractivity contribution in [2.24, 2.45) is 0 Å². The largest absolute Gasteiger partial charge is 0.507 e. The molecule has 1 aliphatic rings. The summed E-state index contributed by atoms with van der Waals surface area (Å²) in [4.78, 5) is 25.2. The van der Waals surface area contributed by atoms with Crippen molar-refractivity contribution in [1.82, 2.24) is 15.1 Å². The molecule has 0 aliphatic heterocycles. The van der Waals surface area contributed by atoms with Crippen LogP contribution < -0.4 is 15.4 Å². The number of hydrogen-bond donors (Lipinski definition) is 3. The van der Waals surface area contributed by atoms with Gasteiger partial charge in [-0.2, -0.15) is 9.78 Å². The Morgan fingerprint density at radius 3 is 2.52 bits per heavy atom. The lowest BCUT2D eigenvalue weighted by Crippen LogP contribution is -2.31. The lowest BCUT2D eigenvalue weighted by Gasteiger charge is -2.25. The van der Waals surface area contributed by atoms with E-state index in [-0.39, 0.29) is 23.6 Å². The van der Waals surface area contributed by atoms with Crippen LogP contribution in [0, 0.1) is 0 Å². The van der Waals surface area contributed by atoms with Gasteiger partial charge in [0.25, 0.3) is 5.91 Å². The van der Waals surface area contributed by atoms with Gasteiger partial charge in [-0.25, -0.2) is 4.79 Å². The molecule has 2 amide bonds. The third-order valence-electron chi connectivity index (χ3n) is 5.74. The standard InChI is InChI=1S/C25H28N4O4/c1-3-26-25(32)29-22(16-6-5-7-16)15-21(28-29)20-14-18(10-13-23(20)30)27-24(31)17-8-11-19(12-9-17)33-4-2/h8-16,30H,3-7H2,1-2H3,(H,26,32)(H,27,31). The predicted molar refractivity (Wildman–Crippen MR) is 126 cm³/mol. The quantitative estimate of drug-likeness (QED) is 0.452. The molecule has 4 rings (SSSR count). The molecule has 33 heavy (non-hydrogen) atoms. The zero-order valence-electron chi connectivity index (χ0n) is 18.8. The van der Waals surface area contributed by atoms with E-state index in [4.69, 9.17) is 4.74 Å². The zero-order valence-corrected chi connectivity index (χ0v) is 18.8. The molecular weight excluding hydrogens is 420 g/mol. The number of benzene rings is 2. The number of rotatable bonds is 7. The van der Waals surface area contributed by atoms with Gasteiger partial charge in [-0.1, -0.05) is 6.42 Å². The number of nitrogens with zero attached hydrogens (tertiary/aromatic N) is 2. The minimum Gasteiger partial charge on any atom is -0.507 e. The molecule has 172 valence electrons. The van der Waals surface area contributed by atoms with E-state index in [2.05, 4.69) is 15.7 Å². The summed E-state index contributed by atoms with van der Waals surface area (Å²) < 4.78 is 6.81. The van der Waals surface area contributed by atoms with Crippen LogP contribution in [0.4, 0.5) is 10.5 Å². The van der Waals surface area contributed by atoms with Gasteiger partial charge >= 0.3 is 6.03 Å². The molecular formula is C25H28N4O4. The van der Waals surface area contributed by atoms with Crippen molar-refractivity contribution in [3.63, 3.8) is 0 Å². The lowest BCUT2D eigenvalue weighted by atomic mass is 9.82. The average molecular weight is 449 g/mol. The summed E-state index contributed by atoms with van der Waals surface area (Å²) in [6.07, 6.45) is 3.14. The lowest BCUT2D eigenvalue weighted by molar-refractivity contribution is 0.102. The molecule has 2 aromatic carbocycles. The summed E-state index contributed by atoms with van der Waals surface area (Å²) >= 11 is 0. The molecule has 0 saturated heterocycles. The molecule has 1 heterocycles. The number of ether oxygens (including phenoxy) is 1. The Hall–Kier alpha value is -3.81. The highest BCUT2D eigenvalue weighted by Gasteiger charge is 2.27. The van der Waals surface area contributed by atoms with Crippen molar-refractivity contribution in [2.75, 3.05) is 18.5 Å². The molecule has 1 saturated carbocycles. The highest BCUT2D eigenvalue weighted by molar-refractivity contribution is 6.04. The maximum Gasteiger partial charge on any atom is 0.342 e. The second kappa shape index (κ2) is 9.77. The van der Waals surface area contributed by atoms with E-state index in [1.54, 1.807) is 36.4 Å².